The molecule has 0 aliphatic heterocycles. The van der Waals surface area contributed by atoms with E-state index in [-0.39, 0.29) is 56.9 Å². The summed E-state index contributed by atoms with van der Waals surface area (Å²) >= 11 is 0. The highest BCUT2D eigenvalue weighted by Gasteiger charge is 2.37. The summed E-state index contributed by atoms with van der Waals surface area (Å²) in [5, 5.41) is 33.3. The Labute approximate surface area is 520 Å². The van der Waals surface area contributed by atoms with Gasteiger partial charge in [0.15, 0.2) is 5.96 Å². The van der Waals surface area contributed by atoms with E-state index in [2.05, 4.69) is 62.1 Å². The van der Waals surface area contributed by atoms with Gasteiger partial charge in [0, 0.05) is 101 Å². The van der Waals surface area contributed by atoms with Crippen LogP contribution < -0.4 is 54.4 Å². The second-order valence-corrected chi connectivity index (χ2v) is 24.0. The number of benzene rings is 4. The minimum Gasteiger partial charge on any atom is -0.480 e. The first-order chi connectivity index (χ1) is 43.0. The lowest BCUT2D eigenvalue weighted by molar-refractivity contribution is -0.142. The van der Waals surface area contributed by atoms with Crippen LogP contribution in [-0.2, 0) is 64.0 Å². The second kappa shape index (κ2) is 30.3. The number of nitrogens with one attached hydrogen (secondary N) is 11. The lowest BCUT2D eigenvalue weighted by atomic mass is 9.98. The molecule has 0 spiro atoms. The molecule has 0 aliphatic rings. The van der Waals surface area contributed by atoms with Crippen LogP contribution in [0.25, 0.3) is 43.6 Å². The Morgan fingerprint density at radius 2 is 0.744 bits per heavy atom. The Balaban J connectivity index is 1.06. The molecule has 0 unspecified atom stereocenters. The number of nitrogens with two attached hydrogens (primary N) is 3. The molecular weight excluding hydrogens is 1150 g/mol. The average molecular weight is 1230 g/mol. The molecule has 7 amide bonds. The maximum Gasteiger partial charge on any atom is 0.326 e. The van der Waals surface area contributed by atoms with Crippen molar-refractivity contribution in [1.82, 2.24) is 57.2 Å². The van der Waals surface area contributed by atoms with Crippen molar-refractivity contribution >= 4 is 96.9 Å². The monoisotopic (exact) mass is 1230 g/mol. The normalized spacial score (nSPS) is 14.3. The highest BCUT2D eigenvalue weighted by atomic mass is 16.4. The lowest BCUT2D eigenvalue weighted by Crippen LogP contribution is -2.62. The summed E-state index contributed by atoms with van der Waals surface area (Å²) in [6, 6.07) is 19.4. The minimum absolute atomic E-state index is 0.0450. The number of carbonyl (C=O) groups excluding carboxylic acids is 7. The second-order valence-electron chi connectivity index (χ2n) is 24.0. The molecule has 4 heterocycles. The van der Waals surface area contributed by atoms with Crippen molar-refractivity contribution in [2.45, 2.75) is 135 Å². The first kappa shape index (κ1) is 66.0. The number of hydrogen-bond acceptors (Lipinski definition) is 10. The van der Waals surface area contributed by atoms with Gasteiger partial charge in [-0.05, 0) is 83.5 Å². The quantitative estimate of drug-likeness (QED) is 0.0166. The minimum atomic E-state index is -1.40. The van der Waals surface area contributed by atoms with Crippen LogP contribution in [0.3, 0.4) is 0 Å². The third-order valence-corrected chi connectivity index (χ3v) is 16.0. The predicted octanol–water partition coefficient (Wildman–Crippen LogP) is 4.10. The molecule has 0 saturated heterocycles. The maximum atomic E-state index is 15.3. The number of aliphatic carboxylic acids is 1. The predicted molar refractivity (Wildman–Crippen MR) is 346 cm³/mol. The SMILES string of the molecule is CC(C)C[C@H](NC(=O)[C@@H](N)CCCN=C(N)N)C(=O)N[C@@H](Cc1c[nH]c2ccccc12)C(=O)N[C@H](C(=O)N[C@@H](Cc1c[nH]c2ccccc12)C(=O)N[C@@H](Cc1c[nH]c2ccccc12)C(=O)N[C@H](C(=O)N[C@@H](Cc1c[nH]c2ccccc12)C(=O)O)C(C)C)C(C)C. The zero-order chi connectivity index (χ0) is 64.8. The van der Waals surface area contributed by atoms with Gasteiger partial charge >= 0.3 is 5.97 Å². The number of para-hydroxylation sites is 4. The number of carboxylic acid groups (broad SMARTS) is 1. The molecule has 0 bridgehead atoms. The molecule has 0 fully saturated rings. The smallest absolute Gasteiger partial charge is 0.326 e. The highest BCUT2D eigenvalue weighted by molar-refractivity contribution is 5.99. The topological polar surface area (TPSA) is 395 Å². The van der Waals surface area contributed by atoms with Crippen LogP contribution >= 0.6 is 0 Å². The van der Waals surface area contributed by atoms with E-state index in [0.717, 1.165) is 43.6 Å². The van der Waals surface area contributed by atoms with E-state index >= 15 is 9.59 Å². The fraction of sp³-hybridized carbons (Fsp3) is 0.379. The molecule has 8 atom stereocenters. The van der Waals surface area contributed by atoms with Gasteiger partial charge in [0.1, 0.15) is 42.3 Å². The van der Waals surface area contributed by atoms with Crippen LogP contribution in [0.4, 0.5) is 0 Å². The van der Waals surface area contributed by atoms with Crippen molar-refractivity contribution in [1.29, 1.82) is 0 Å². The van der Waals surface area contributed by atoms with Gasteiger partial charge in [-0.15, -0.1) is 0 Å². The Morgan fingerprint density at radius 3 is 1.09 bits per heavy atom. The lowest BCUT2D eigenvalue weighted by Gasteiger charge is -2.29. The van der Waals surface area contributed by atoms with Crippen molar-refractivity contribution in [3.63, 3.8) is 0 Å². The molecule has 8 aromatic rings. The number of fused-ring (bicyclic) bond motifs is 4. The molecule has 24 heteroatoms. The van der Waals surface area contributed by atoms with Crippen LogP contribution in [0.2, 0.25) is 0 Å². The number of carbonyl (C=O) groups is 8. The summed E-state index contributed by atoms with van der Waals surface area (Å²) in [6.45, 7) is 10.8. The van der Waals surface area contributed by atoms with Crippen LogP contribution in [0.15, 0.2) is 127 Å². The molecule has 0 aliphatic carbocycles. The van der Waals surface area contributed by atoms with Crippen LogP contribution in [0, 0.1) is 17.8 Å². The van der Waals surface area contributed by atoms with Gasteiger partial charge in [0.25, 0.3) is 0 Å². The molecule has 0 radical (unpaired) electrons. The third-order valence-electron chi connectivity index (χ3n) is 16.0. The Hall–Kier alpha value is -9.97. The zero-order valence-electron chi connectivity index (χ0n) is 51.4. The van der Waals surface area contributed by atoms with Crippen LogP contribution in [-0.4, -0.2) is 133 Å². The van der Waals surface area contributed by atoms with Crippen molar-refractivity contribution < 1.29 is 43.5 Å². The maximum absolute atomic E-state index is 15.3. The number of guanidine groups is 1. The van der Waals surface area contributed by atoms with Gasteiger partial charge in [0.2, 0.25) is 41.4 Å². The number of aromatic nitrogens is 4. The molecule has 18 N–H and O–H groups in total. The van der Waals surface area contributed by atoms with E-state index in [1.54, 1.807) is 52.5 Å². The van der Waals surface area contributed by atoms with Crippen LogP contribution in [0.5, 0.6) is 0 Å². The van der Waals surface area contributed by atoms with E-state index in [1.165, 1.54) is 0 Å². The first-order valence-corrected chi connectivity index (χ1v) is 30.4. The number of amides is 7. The van der Waals surface area contributed by atoms with Crippen molar-refractivity contribution in [2.75, 3.05) is 6.54 Å². The van der Waals surface area contributed by atoms with Gasteiger partial charge in [0.05, 0.1) is 6.04 Å². The zero-order valence-corrected chi connectivity index (χ0v) is 51.4. The molecule has 476 valence electrons. The van der Waals surface area contributed by atoms with Crippen LogP contribution in [0.1, 0.15) is 83.1 Å². The number of aromatic amines is 4. The largest absolute Gasteiger partial charge is 0.480 e. The fourth-order valence-electron chi connectivity index (χ4n) is 11.2. The van der Waals surface area contributed by atoms with E-state index in [0.29, 0.717) is 28.7 Å². The molecule has 4 aromatic carbocycles. The summed E-state index contributed by atoms with van der Waals surface area (Å²) in [5.41, 5.74) is 22.9. The third kappa shape index (κ3) is 17.0. The fourth-order valence-corrected chi connectivity index (χ4v) is 11.2. The average Bonchev–Trinajstić information content (AvgIpc) is 2.03. The van der Waals surface area contributed by atoms with Crippen molar-refractivity contribution in [3.8, 4) is 0 Å². The van der Waals surface area contributed by atoms with Gasteiger partial charge in [-0.2, -0.15) is 0 Å². The van der Waals surface area contributed by atoms with Gasteiger partial charge in [-0.3, -0.25) is 38.6 Å². The standard InChI is InChI=1S/C66H83N15O9/c1-35(2)26-51(75-58(82)46(67)20-15-25-70-66(68)69)59(83)76-53(28-39-32-72-48-22-12-8-17-43(39)48)61(85)80-56(36(3)4)63(87)78-52(27-38-31-71-47-21-11-7-16-42(38)47)60(84)77-54(29-40-33-73-49-23-13-9-18-44(40)49)62(86)81-57(37(5)6)64(88)79-55(65(89)90)30-41-34-74-50-24-14-10-19-45(41)50/h7-14,16-19,21-24,31-37,46,51-57,71-74H,15,20,25-30,67H2,1-6H3,(H,75,82)(H,76,83)(H,77,84)(H,78,87)(H,79,88)(H,80,85)(H,81,86)(H,89,90)(H4,68,69,70)/t46-,51-,52-,53-,54-,55-,56-,57-/m0/s1. The number of nitrogens with zero attached hydrogens (tertiary/aromatic N) is 1. The number of rotatable bonds is 31. The van der Waals surface area contributed by atoms with E-state index in [1.807, 2.05) is 111 Å². The molecule has 90 heavy (non-hydrogen) atoms. The number of H-pyrrole nitrogens is 4. The van der Waals surface area contributed by atoms with E-state index < -0.39 is 107 Å². The number of carboxylic acids is 1. The van der Waals surface area contributed by atoms with Gasteiger partial charge in [-0.25, -0.2) is 4.79 Å². The number of aliphatic imine (C=N–C) groups is 1. The summed E-state index contributed by atoms with van der Waals surface area (Å²) in [5.74, 6) is -7.70. The Bertz CT molecular complexity index is 3870. The summed E-state index contributed by atoms with van der Waals surface area (Å²) < 4.78 is 0. The molecular formula is C66H83N15O9. The summed E-state index contributed by atoms with van der Waals surface area (Å²) in [7, 11) is 0. The Kier molecular flexibility index (Phi) is 22.2. The van der Waals surface area contributed by atoms with Crippen molar-refractivity contribution in [2.24, 2.45) is 39.9 Å². The van der Waals surface area contributed by atoms with Crippen molar-refractivity contribution in [3.05, 3.63) is 144 Å². The molecule has 0 saturated carbocycles. The molecule has 4 aromatic heterocycles. The summed E-state index contributed by atoms with van der Waals surface area (Å²) in [4.78, 5) is 132. The Morgan fingerprint density at radius 1 is 0.433 bits per heavy atom. The summed E-state index contributed by atoms with van der Waals surface area (Å²) in [6.07, 6.45) is 7.38. The first-order valence-electron chi connectivity index (χ1n) is 30.4. The van der Waals surface area contributed by atoms with E-state index in [9.17, 15) is 33.9 Å². The molecule has 24 nitrogen and oxygen atoms in total. The number of hydrogen-bond donors (Lipinski definition) is 15. The van der Waals surface area contributed by atoms with E-state index in [4.69, 9.17) is 17.2 Å². The van der Waals surface area contributed by atoms with Gasteiger partial charge < -0.3 is 79.5 Å². The highest BCUT2D eigenvalue weighted by Crippen LogP contribution is 2.24. The van der Waals surface area contributed by atoms with Gasteiger partial charge in [-0.1, -0.05) is 114 Å². The molecule has 8 rings (SSSR count).